The summed E-state index contributed by atoms with van der Waals surface area (Å²) in [7, 11) is 0. The second kappa shape index (κ2) is 6.40. The van der Waals surface area contributed by atoms with Gasteiger partial charge in [-0.25, -0.2) is 13.6 Å². The van der Waals surface area contributed by atoms with Gasteiger partial charge in [-0.05, 0) is 18.2 Å². The molecule has 1 aromatic carbocycles. The number of nitrogens with zero attached hydrogens (tertiary/aromatic N) is 2. The molecule has 1 heterocycles. The standard InChI is InChI=1S/C11H7FN4O3S2/c12-6-1-2-8(9(3-6)16-21(18)19)10(17)15-11-14-7(4-13)5-20-11/h1-3,5,16H,(H,18,19)(H,14,15,17). The van der Waals surface area contributed by atoms with Crippen LogP contribution in [0, 0.1) is 17.1 Å². The molecule has 21 heavy (non-hydrogen) atoms. The highest BCUT2D eigenvalue weighted by molar-refractivity contribution is 7.80. The van der Waals surface area contributed by atoms with Gasteiger partial charge in [0.25, 0.3) is 17.2 Å². The van der Waals surface area contributed by atoms with Crippen molar-refractivity contribution >= 4 is 39.3 Å². The predicted molar refractivity (Wildman–Crippen MR) is 75.6 cm³/mol. The zero-order valence-corrected chi connectivity index (χ0v) is 11.8. The number of aromatic nitrogens is 1. The van der Waals surface area contributed by atoms with E-state index in [1.54, 1.807) is 0 Å². The van der Waals surface area contributed by atoms with Crippen LogP contribution in [0.4, 0.5) is 15.2 Å². The largest absolute Gasteiger partial charge is 0.298 e. The Morgan fingerprint density at radius 3 is 2.90 bits per heavy atom. The highest BCUT2D eigenvalue weighted by Gasteiger charge is 2.15. The smallest absolute Gasteiger partial charge is 0.259 e. The quantitative estimate of drug-likeness (QED) is 0.743. The molecule has 7 nitrogen and oxygen atoms in total. The van der Waals surface area contributed by atoms with E-state index in [2.05, 4.69) is 15.0 Å². The second-order valence-electron chi connectivity index (χ2n) is 3.64. The van der Waals surface area contributed by atoms with Crippen molar-refractivity contribution < 1.29 is 17.9 Å². The van der Waals surface area contributed by atoms with E-state index in [4.69, 9.17) is 9.81 Å². The van der Waals surface area contributed by atoms with Gasteiger partial charge in [0.2, 0.25) is 0 Å². The minimum atomic E-state index is -2.45. The first-order valence-electron chi connectivity index (χ1n) is 5.33. The lowest BCUT2D eigenvalue weighted by atomic mass is 10.1. The number of rotatable bonds is 4. The maximum Gasteiger partial charge on any atom is 0.259 e. The van der Waals surface area contributed by atoms with E-state index in [0.29, 0.717) is 0 Å². The Kier molecular flexibility index (Phi) is 4.59. The van der Waals surface area contributed by atoms with Gasteiger partial charge in [-0.3, -0.25) is 19.4 Å². The molecule has 2 aromatic rings. The number of amides is 1. The molecule has 0 radical (unpaired) electrons. The number of benzene rings is 1. The van der Waals surface area contributed by atoms with Gasteiger partial charge in [0, 0.05) is 5.38 Å². The van der Waals surface area contributed by atoms with Gasteiger partial charge in [0.15, 0.2) is 10.8 Å². The third-order valence-corrected chi connectivity index (χ3v) is 3.41. The number of hydrogen-bond donors (Lipinski definition) is 3. The Bertz CT molecular complexity index is 756. The molecule has 0 aliphatic heterocycles. The summed E-state index contributed by atoms with van der Waals surface area (Å²) in [5.41, 5.74) is -0.0119. The van der Waals surface area contributed by atoms with Gasteiger partial charge in [0.1, 0.15) is 11.9 Å². The van der Waals surface area contributed by atoms with Gasteiger partial charge in [0.05, 0.1) is 11.3 Å². The van der Waals surface area contributed by atoms with Crippen molar-refractivity contribution in [1.29, 1.82) is 5.26 Å². The summed E-state index contributed by atoms with van der Waals surface area (Å²) < 4.78 is 34.7. The van der Waals surface area contributed by atoms with Crippen LogP contribution in [0.2, 0.25) is 0 Å². The molecule has 0 saturated heterocycles. The maximum atomic E-state index is 13.1. The van der Waals surface area contributed by atoms with Crippen LogP contribution in [0.3, 0.4) is 0 Å². The highest BCUT2D eigenvalue weighted by Crippen LogP contribution is 2.21. The molecule has 3 N–H and O–H groups in total. The van der Waals surface area contributed by atoms with E-state index in [9.17, 15) is 13.4 Å². The molecule has 1 amide bonds. The molecule has 2 rings (SSSR count). The molecule has 1 atom stereocenters. The monoisotopic (exact) mass is 326 g/mol. The summed E-state index contributed by atoms with van der Waals surface area (Å²) in [6.45, 7) is 0. The molecule has 0 spiro atoms. The number of carbonyl (C=O) groups is 1. The van der Waals surface area contributed by atoms with Crippen molar-refractivity contribution in [3.8, 4) is 6.07 Å². The summed E-state index contributed by atoms with van der Waals surface area (Å²) in [4.78, 5) is 15.9. The SMILES string of the molecule is N#Cc1csc(NC(=O)c2ccc(F)cc2NS(=O)O)n1. The number of nitriles is 1. The van der Waals surface area contributed by atoms with Crippen molar-refractivity contribution in [2.45, 2.75) is 0 Å². The summed E-state index contributed by atoms with van der Waals surface area (Å²) >= 11 is -1.40. The molecular formula is C11H7FN4O3S2. The average Bonchev–Trinajstić information content (AvgIpc) is 2.85. The van der Waals surface area contributed by atoms with Gasteiger partial charge >= 0.3 is 0 Å². The van der Waals surface area contributed by atoms with Crippen LogP contribution in [0.25, 0.3) is 0 Å². The Hall–Kier alpha value is -2.35. The normalized spacial score (nSPS) is 11.5. The van der Waals surface area contributed by atoms with Crippen molar-refractivity contribution in [3.63, 3.8) is 0 Å². The van der Waals surface area contributed by atoms with E-state index in [-0.39, 0.29) is 22.1 Å². The summed E-state index contributed by atoms with van der Waals surface area (Å²) in [6, 6.07) is 4.95. The predicted octanol–water partition coefficient (Wildman–Crippen LogP) is 1.95. The number of thiazole rings is 1. The van der Waals surface area contributed by atoms with E-state index < -0.39 is 23.0 Å². The number of halogens is 1. The number of anilines is 2. The van der Waals surface area contributed by atoms with Gasteiger partial charge in [-0.1, -0.05) is 0 Å². The molecule has 0 aliphatic carbocycles. The molecule has 1 aromatic heterocycles. The molecule has 0 saturated carbocycles. The van der Waals surface area contributed by atoms with Crippen molar-refractivity contribution in [2.75, 3.05) is 10.0 Å². The Morgan fingerprint density at radius 2 is 2.29 bits per heavy atom. The van der Waals surface area contributed by atoms with Crippen molar-refractivity contribution in [3.05, 3.63) is 40.7 Å². The van der Waals surface area contributed by atoms with Gasteiger partial charge in [-0.2, -0.15) is 5.26 Å². The van der Waals surface area contributed by atoms with E-state index in [1.807, 2.05) is 6.07 Å². The van der Waals surface area contributed by atoms with Crippen LogP contribution >= 0.6 is 11.3 Å². The van der Waals surface area contributed by atoms with E-state index >= 15 is 0 Å². The minimum absolute atomic E-state index is 0.0347. The fraction of sp³-hybridized carbons (Fsp3) is 0. The first-order chi connectivity index (χ1) is 9.99. The molecule has 1 unspecified atom stereocenters. The first-order valence-corrected chi connectivity index (χ1v) is 7.32. The third-order valence-electron chi connectivity index (χ3n) is 2.26. The molecule has 0 bridgehead atoms. The number of hydrogen-bond acceptors (Lipinski definition) is 5. The zero-order chi connectivity index (χ0) is 15.4. The third kappa shape index (κ3) is 3.82. The molecule has 0 aliphatic rings. The number of nitrogens with one attached hydrogen (secondary N) is 2. The summed E-state index contributed by atoms with van der Waals surface area (Å²) in [5.74, 6) is -1.32. The Morgan fingerprint density at radius 1 is 1.52 bits per heavy atom. The van der Waals surface area contributed by atoms with Gasteiger partial charge in [-0.15, -0.1) is 11.3 Å². The van der Waals surface area contributed by atoms with E-state index in [1.165, 1.54) is 11.4 Å². The van der Waals surface area contributed by atoms with Crippen LogP contribution in [0.15, 0.2) is 23.6 Å². The van der Waals surface area contributed by atoms with Crippen LogP contribution < -0.4 is 10.0 Å². The lowest BCUT2D eigenvalue weighted by molar-refractivity contribution is 0.102. The summed E-state index contributed by atoms with van der Waals surface area (Å²) in [5, 5.41) is 12.7. The van der Waals surface area contributed by atoms with Gasteiger partial charge < -0.3 is 0 Å². The van der Waals surface area contributed by atoms with Crippen LogP contribution in [0.1, 0.15) is 16.1 Å². The number of carbonyl (C=O) groups excluding carboxylic acids is 1. The van der Waals surface area contributed by atoms with Crippen LogP contribution in [-0.2, 0) is 11.3 Å². The fourth-order valence-electron chi connectivity index (χ4n) is 1.44. The van der Waals surface area contributed by atoms with Crippen molar-refractivity contribution in [2.24, 2.45) is 0 Å². The Balaban J connectivity index is 2.26. The highest BCUT2D eigenvalue weighted by atomic mass is 32.2. The maximum absolute atomic E-state index is 13.1. The summed E-state index contributed by atoms with van der Waals surface area (Å²) in [6.07, 6.45) is 0. The lowest BCUT2D eigenvalue weighted by Gasteiger charge is -2.08. The second-order valence-corrected chi connectivity index (χ2v) is 5.21. The molecule has 108 valence electrons. The molecular weight excluding hydrogens is 319 g/mol. The van der Waals surface area contributed by atoms with Crippen LogP contribution in [0.5, 0.6) is 0 Å². The Labute approximate surface area is 124 Å². The van der Waals surface area contributed by atoms with E-state index in [0.717, 1.165) is 23.5 Å². The fourth-order valence-corrected chi connectivity index (χ4v) is 2.43. The van der Waals surface area contributed by atoms with Crippen molar-refractivity contribution in [1.82, 2.24) is 4.98 Å². The van der Waals surface area contributed by atoms with Crippen LogP contribution in [-0.4, -0.2) is 19.7 Å². The lowest BCUT2D eigenvalue weighted by Crippen LogP contribution is -2.15. The average molecular weight is 326 g/mol. The topological polar surface area (TPSA) is 115 Å². The molecule has 0 fully saturated rings. The zero-order valence-electron chi connectivity index (χ0n) is 10.2. The first kappa shape index (κ1) is 15.0. The molecule has 10 heteroatoms. The minimum Gasteiger partial charge on any atom is -0.298 e.